The maximum absolute atomic E-state index is 12.8. The van der Waals surface area contributed by atoms with Crippen molar-refractivity contribution in [1.82, 2.24) is 14.8 Å². The van der Waals surface area contributed by atoms with E-state index in [9.17, 15) is 9.59 Å². The Balaban J connectivity index is 1.30. The van der Waals surface area contributed by atoms with E-state index in [4.69, 9.17) is 4.42 Å². The molecule has 0 saturated carbocycles. The van der Waals surface area contributed by atoms with Crippen LogP contribution in [0.2, 0.25) is 0 Å². The van der Waals surface area contributed by atoms with E-state index in [1.807, 2.05) is 29.2 Å². The van der Waals surface area contributed by atoms with Crippen molar-refractivity contribution < 1.29 is 9.21 Å². The van der Waals surface area contributed by atoms with Crippen LogP contribution in [-0.2, 0) is 13.5 Å². The summed E-state index contributed by atoms with van der Waals surface area (Å²) in [5.41, 5.74) is 3.38. The predicted octanol–water partition coefficient (Wildman–Crippen LogP) is 3.76. The van der Waals surface area contributed by atoms with Crippen LogP contribution in [-0.4, -0.2) is 47.2 Å². The summed E-state index contributed by atoms with van der Waals surface area (Å²) in [7, 11) is 1.70. The predicted molar refractivity (Wildman–Crippen MR) is 127 cm³/mol. The molecule has 2 heterocycles. The molecule has 170 valence electrons. The number of rotatable bonds is 6. The van der Waals surface area contributed by atoms with Crippen molar-refractivity contribution in [1.29, 1.82) is 0 Å². The number of carbonyl (C=O) groups is 1. The van der Waals surface area contributed by atoms with Gasteiger partial charge in [-0.2, -0.15) is 0 Å². The van der Waals surface area contributed by atoms with Gasteiger partial charge in [0.1, 0.15) is 0 Å². The number of aromatic nitrogens is 1. The van der Waals surface area contributed by atoms with E-state index in [0.29, 0.717) is 25.2 Å². The fourth-order valence-corrected chi connectivity index (χ4v) is 4.46. The van der Waals surface area contributed by atoms with Crippen LogP contribution in [0, 0.1) is 0 Å². The summed E-state index contributed by atoms with van der Waals surface area (Å²) >= 11 is 0. The first-order chi connectivity index (χ1) is 15.3. The van der Waals surface area contributed by atoms with Gasteiger partial charge in [-0.05, 0) is 50.8 Å². The van der Waals surface area contributed by atoms with E-state index >= 15 is 0 Å². The number of oxazole rings is 1. The molecule has 1 saturated heterocycles. The maximum Gasteiger partial charge on any atom is 0.419 e. The summed E-state index contributed by atoms with van der Waals surface area (Å²) in [6, 6.07) is 16.3. The molecule has 7 heteroatoms. The van der Waals surface area contributed by atoms with Crippen LogP contribution in [0.4, 0.5) is 10.5 Å². The zero-order valence-corrected chi connectivity index (χ0v) is 19.1. The molecule has 0 radical (unpaired) electrons. The van der Waals surface area contributed by atoms with Crippen LogP contribution in [0.3, 0.4) is 0 Å². The molecule has 0 atom stereocenters. The van der Waals surface area contributed by atoms with E-state index < -0.39 is 0 Å². The number of fused-ring (bicyclic) bond motifs is 1. The fourth-order valence-electron chi connectivity index (χ4n) is 4.46. The van der Waals surface area contributed by atoms with Gasteiger partial charge in [0.05, 0.1) is 11.1 Å². The number of nitrogens with one attached hydrogen (secondary N) is 1. The maximum atomic E-state index is 12.8. The normalized spacial score (nSPS) is 15.8. The number of anilines is 1. The lowest BCUT2D eigenvalue weighted by atomic mass is 9.98. The second kappa shape index (κ2) is 9.10. The molecular formula is C25H32N4O3. The standard InChI is InChI=1S/C25H32N4O3/c1-25(2)18-28(20-12-13-21-22(17-20)32-24(31)27(21)3)15-16-29(25)23(30)26-14-8-7-11-19-9-5-4-6-10-19/h4-6,9-10,12-13,17H,7-8,11,14-16,18H2,1-3H3,(H,26,30). The number of hydrogen-bond donors (Lipinski definition) is 1. The summed E-state index contributed by atoms with van der Waals surface area (Å²) < 4.78 is 6.85. The molecule has 0 unspecified atom stereocenters. The third-order valence-corrected chi connectivity index (χ3v) is 6.30. The van der Waals surface area contributed by atoms with Crippen molar-refractivity contribution in [3.63, 3.8) is 0 Å². The van der Waals surface area contributed by atoms with Gasteiger partial charge >= 0.3 is 11.8 Å². The van der Waals surface area contributed by atoms with Gasteiger partial charge in [0, 0.05) is 45.0 Å². The number of unbranched alkanes of at least 4 members (excludes halogenated alkanes) is 1. The molecule has 4 rings (SSSR count). The SMILES string of the molecule is Cn1c(=O)oc2cc(N3CCN(C(=O)NCCCCc4ccccc4)C(C)(C)C3)ccc21. The van der Waals surface area contributed by atoms with E-state index in [-0.39, 0.29) is 17.3 Å². The number of carbonyl (C=O) groups excluding carboxylic acids is 1. The molecule has 1 N–H and O–H groups in total. The van der Waals surface area contributed by atoms with Gasteiger partial charge in [0.2, 0.25) is 0 Å². The van der Waals surface area contributed by atoms with Crippen molar-refractivity contribution in [2.24, 2.45) is 7.05 Å². The van der Waals surface area contributed by atoms with Crippen molar-refractivity contribution in [2.75, 3.05) is 31.1 Å². The van der Waals surface area contributed by atoms with Gasteiger partial charge in [0.15, 0.2) is 5.58 Å². The van der Waals surface area contributed by atoms with Gasteiger partial charge in [-0.15, -0.1) is 0 Å². The van der Waals surface area contributed by atoms with Crippen molar-refractivity contribution in [3.8, 4) is 0 Å². The second-order valence-electron chi connectivity index (χ2n) is 9.14. The van der Waals surface area contributed by atoms with E-state index in [2.05, 4.69) is 48.3 Å². The van der Waals surface area contributed by atoms with Crippen molar-refractivity contribution in [2.45, 2.75) is 38.6 Å². The largest absolute Gasteiger partial charge is 0.419 e. The number of nitrogens with zero attached hydrogens (tertiary/aromatic N) is 3. The Morgan fingerprint density at radius 2 is 1.88 bits per heavy atom. The number of aryl methyl sites for hydroxylation is 2. The number of benzene rings is 2. The quantitative estimate of drug-likeness (QED) is 0.597. The minimum atomic E-state index is -0.359. The molecule has 1 aliphatic rings. The Morgan fingerprint density at radius 1 is 1.09 bits per heavy atom. The Bertz CT molecular complexity index is 1130. The highest BCUT2D eigenvalue weighted by molar-refractivity contribution is 5.78. The Labute approximate surface area is 188 Å². The third-order valence-electron chi connectivity index (χ3n) is 6.30. The van der Waals surface area contributed by atoms with E-state index in [1.54, 1.807) is 7.05 Å². The van der Waals surface area contributed by atoms with Crippen LogP contribution in [0.25, 0.3) is 11.1 Å². The van der Waals surface area contributed by atoms with E-state index in [0.717, 1.165) is 37.0 Å². The second-order valence-corrected chi connectivity index (χ2v) is 9.14. The molecule has 2 amide bonds. The summed E-state index contributed by atoms with van der Waals surface area (Å²) in [5.74, 6) is -0.359. The molecular weight excluding hydrogens is 404 g/mol. The van der Waals surface area contributed by atoms with Crippen LogP contribution in [0.1, 0.15) is 32.3 Å². The first-order valence-electron chi connectivity index (χ1n) is 11.3. The number of hydrogen-bond acceptors (Lipinski definition) is 4. The topological polar surface area (TPSA) is 70.7 Å². The molecule has 0 aliphatic carbocycles. The summed E-state index contributed by atoms with van der Waals surface area (Å²) in [5, 5.41) is 3.10. The molecule has 32 heavy (non-hydrogen) atoms. The molecule has 2 aromatic carbocycles. The summed E-state index contributed by atoms with van der Waals surface area (Å²) in [6.07, 6.45) is 3.05. The minimum Gasteiger partial charge on any atom is -0.408 e. The first-order valence-corrected chi connectivity index (χ1v) is 11.3. The van der Waals surface area contributed by atoms with Crippen molar-refractivity contribution >= 4 is 22.8 Å². The monoisotopic (exact) mass is 436 g/mol. The smallest absolute Gasteiger partial charge is 0.408 e. The van der Waals surface area contributed by atoms with Crippen molar-refractivity contribution in [3.05, 3.63) is 64.6 Å². The van der Waals surface area contributed by atoms with Crippen LogP contribution in [0.5, 0.6) is 0 Å². The molecule has 1 aliphatic heterocycles. The zero-order valence-electron chi connectivity index (χ0n) is 19.1. The van der Waals surface area contributed by atoms with Gasteiger partial charge in [-0.25, -0.2) is 9.59 Å². The Morgan fingerprint density at radius 3 is 2.62 bits per heavy atom. The Hall–Kier alpha value is -3.22. The third kappa shape index (κ3) is 4.66. The lowest BCUT2D eigenvalue weighted by Crippen LogP contribution is -2.63. The highest BCUT2D eigenvalue weighted by Gasteiger charge is 2.36. The number of piperazine rings is 1. The summed E-state index contributed by atoms with van der Waals surface area (Å²) in [4.78, 5) is 28.8. The van der Waals surface area contributed by atoms with Gasteiger partial charge in [-0.3, -0.25) is 4.57 Å². The highest BCUT2D eigenvalue weighted by Crippen LogP contribution is 2.28. The van der Waals surface area contributed by atoms with Gasteiger partial charge in [0.25, 0.3) is 0 Å². The highest BCUT2D eigenvalue weighted by atomic mass is 16.4. The summed E-state index contributed by atoms with van der Waals surface area (Å²) in [6.45, 7) is 6.94. The van der Waals surface area contributed by atoms with Crippen LogP contribution in [0.15, 0.2) is 57.7 Å². The van der Waals surface area contributed by atoms with Gasteiger partial charge < -0.3 is 19.5 Å². The average molecular weight is 437 g/mol. The zero-order chi connectivity index (χ0) is 22.7. The number of urea groups is 1. The average Bonchev–Trinajstić information content (AvgIpc) is 3.06. The molecule has 1 fully saturated rings. The number of amides is 2. The van der Waals surface area contributed by atoms with Crippen LogP contribution < -0.4 is 16.0 Å². The van der Waals surface area contributed by atoms with Crippen LogP contribution >= 0.6 is 0 Å². The first kappa shape index (κ1) is 22.0. The minimum absolute atomic E-state index is 0.00105. The lowest BCUT2D eigenvalue weighted by Gasteiger charge is -2.47. The van der Waals surface area contributed by atoms with Gasteiger partial charge in [-0.1, -0.05) is 30.3 Å². The Kier molecular flexibility index (Phi) is 6.26. The molecule has 7 nitrogen and oxygen atoms in total. The fraction of sp³-hybridized carbons (Fsp3) is 0.440. The molecule has 3 aromatic rings. The van der Waals surface area contributed by atoms with E-state index in [1.165, 1.54) is 10.1 Å². The lowest BCUT2D eigenvalue weighted by molar-refractivity contribution is 0.124. The molecule has 0 bridgehead atoms. The molecule has 0 spiro atoms. The molecule has 1 aromatic heterocycles.